The first-order valence-electron chi connectivity index (χ1n) is 7.62. The summed E-state index contributed by atoms with van der Waals surface area (Å²) in [7, 11) is 2.24. The minimum Gasteiger partial charge on any atom is -0.377 e. The molecule has 3 rings (SSSR count). The van der Waals surface area contributed by atoms with E-state index in [1.165, 1.54) is 38.9 Å². The minimum absolute atomic E-state index is 0.340. The van der Waals surface area contributed by atoms with Crippen LogP contribution in [-0.2, 0) is 4.74 Å². The molecule has 2 heterocycles. The zero-order valence-corrected chi connectivity index (χ0v) is 12.1. The quantitative estimate of drug-likeness (QED) is 0.828. The Kier molecular flexibility index (Phi) is 3.41. The van der Waals surface area contributed by atoms with Crippen LogP contribution in [0.3, 0.4) is 0 Å². The first-order chi connectivity index (χ1) is 8.59. The fraction of sp³-hybridized carbons (Fsp3) is 1.00. The Morgan fingerprint density at radius 1 is 1.22 bits per heavy atom. The molecule has 0 spiro atoms. The molecule has 18 heavy (non-hydrogen) atoms. The molecule has 2 aliphatic heterocycles. The lowest BCUT2D eigenvalue weighted by molar-refractivity contribution is -0.113. The second kappa shape index (κ2) is 4.77. The zero-order chi connectivity index (χ0) is 12.8. The molecule has 1 saturated carbocycles. The van der Waals surface area contributed by atoms with Crippen LogP contribution in [0.5, 0.6) is 0 Å². The van der Waals surface area contributed by atoms with Crippen LogP contribution < -0.4 is 5.32 Å². The highest BCUT2D eigenvalue weighted by Gasteiger charge is 2.58. The molecule has 3 aliphatic rings. The van der Waals surface area contributed by atoms with Crippen molar-refractivity contribution in [3.05, 3.63) is 0 Å². The van der Waals surface area contributed by atoms with Crippen LogP contribution in [0.15, 0.2) is 0 Å². The average molecular weight is 252 g/mol. The number of rotatable bonds is 3. The SMILES string of the molecule is CN1CCC(CNC2C3CCOC3C2(C)C)CC1. The third-order valence-corrected chi connectivity index (χ3v) is 5.57. The molecule has 3 nitrogen and oxygen atoms in total. The van der Waals surface area contributed by atoms with Crippen LogP contribution in [0.25, 0.3) is 0 Å². The highest BCUT2D eigenvalue weighted by atomic mass is 16.5. The summed E-state index contributed by atoms with van der Waals surface area (Å²) >= 11 is 0. The molecule has 3 fully saturated rings. The maximum Gasteiger partial charge on any atom is 0.0685 e. The molecule has 3 heteroatoms. The smallest absolute Gasteiger partial charge is 0.0685 e. The van der Waals surface area contributed by atoms with Gasteiger partial charge in [-0.1, -0.05) is 13.8 Å². The summed E-state index contributed by atoms with van der Waals surface area (Å²) in [4.78, 5) is 2.45. The van der Waals surface area contributed by atoms with Gasteiger partial charge in [-0.15, -0.1) is 0 Å². The molecule has 1 N–H and O–H groups in total. The van der Waals surface area contributed by atoms with E-state index >= 15 is 0 Å². The first kappa shape index (κ1) is 12.9. The van der Waals surface area contributed by atoms with Gasteiger partial charge in [-0.25, -0.2) is 0 Å². The van der Waals surface area contributed by atoms with E-state index in [9.17, 15) is 0 Å². The van der Waals surface area contributed by atoms with Gasteiger partial charge in [0.15, 0.2) is 0 Å². The van der Waals surface area contributed by atoms with Crippen molar-refractivity contribution in [2.75, 3.05) is 33.3 Å². The normalized spacial score (nSPS) is 40.5. The summed E-state index contributed by atoms with van der Waals surface area (Å²) in [5.74, 6) is 1.67. The number of ether oxygens (including phenoxy) is 1. The molecule has 0 aromatic rings. The van der Waals surface area contributed by atoms with Crippen LogP contribution in [0.1, 0.15) is 33.1 Å². The van der Waals surface area contributed by atoms with E-state index in [0.717, 1.165) is 18.4 Å². The second-order valence-corrected chi connectivity index (χ2v) is 7.20. The Morgan fingerprint density at radius 2 is 1.94 bits per heavy atom. The van der Waals surface area contributed by atoms with Crippen LogP contribution in [0, 0.1) is 17.3 Å². The van der Waals surface area contributed by atoms with Gasteiger partial charge < -0.3 is 15.0 Å². The lowest BCUT2D eigenvalue weighted by Gasteiger charge is -2.55. The van der Waals surface area contributed by atoms with Gasteiger partial charge in [-0.05, 0) is 51.9 Å². The molecule has 1 aliphatic carbocycles. The highest BCUT2D eigenvalue weighted by molar-refractivity contribution is 5.11. The van der Waals surface area contributed by atoms with Gasteiger partial charge in [0.2, 0.25) is 0 Å². The summed E-state index contributed by atoms with van der Waals surface area (Å²) < 4.78 is 5.86. The van der Waals surface area contributed by atoms with Crippen LogP contribution in [-0.4, -0.2) is 50.3 Å². The predicted molar refractivity (Wildman–Crippen MR) is 73.6 cm³/mol. The molecule has 0 aromatic heterocycles. The molecule has 104 valence electrons. The van der Waals surface area contributed by atoms with Crippen molar-refractivity contribution >= 4 is 0 Å². The van der Waals surface area contributed by atoms with Crippen molar-refractivity contribution in [1.82, 2.24) is 10.2 Å². The van der Waals surface area contributed by atoms with Crippen molar-refractivity contribution in [3.63, 3.8) is 0 Å². The van der Waals surface area contributed by atoms with Crippen molar-refractivity contribution in [2.45, 2.75) is 45.3 Å². The number of nitrogens with zero attached hydrogens (tertiary/aromatic N) is 1. The predicted octanol–water partition coefficient (Wildman–Crippen LogP) is 1.73. The average Bonchev–Trinajstić information content (AvgIpc) is 2.78. The van der Waals surface area contributed by atoms with Crippen LogP contribution >= 0.6 is 0 Å². The number of hydrogen-bond acceptors (Lipinski definition) is 3. The molecule has 0 bridgehead atoms. The molecular weight excluding hydrogens is 224 g/mol. The Labute approximate surface area is 111 Å². The van der Waals surface area contributed by atoms with E-state index in [-0.39, 0.29) is 0 Å². The van der Waals surface area contributed by atoms with Crippen molar-refractivity contribution in [3.8, 4) is 0 Å². The van der Waals surface area contributed by atoms with E-state index in [1.807, 2.05) is 0 Å². The molecule has 0 aromatic carbocycles. The minimum atomic E-state index is 0.340. The van der Waals surface area contributed by atoms with Crippen LogP contribution in [0.4, 0.5) is 0 Å². The van der Waals surface area contributed by atoms with E-state index in [1.54, 1.807) is 0 Å². The lowest BCUT2D eigenvalue weighted by atomic mass is 9.57. The van der Waals surface area contributed by atoms with E-state index in [0.29, 0.717) is 17.6 Å². The fourth-order valence-corrected chi connectivity index (χ4v) is 4.30. The second-order valence-electron chi connectivity index (χ2n) is 7.20. The summed E-state index contributed by atoms with van der Waals surface area (Å²) in [6.45, 7) is 9.47. The third-order valence-electron chi connectivity index (χ3n) is 5.57. The lowest BCUT2D eigenvalue weighted by Crippen LogP contribution is -2.66. The highest BCUT2D eigenvalue weighted by Crippen LogP contribution is 2.52. The van der Waals surface area contributed by atoms with E-state index in [2.05, 4.69) is 31.1 Å². The topological polar surface area (TPSA) is 24.5 Å². The van der Waals surface area contributed by atoms with Gasteiger partial charge in [0.05, 0.1) is 6.10 Å². The Morgan fingerprint density at radius 3 is 2.67 bits per heavy atom. The standard InChI is InChI=1S/C15H28N2O/c1-15(2)13(12-6-9-18-14(12)15)16-10-11-4-7-17(3)8-5-11/h11-14,16H,4-10H2,1-3H3. The number of nitrogens with one attached hydrogen (secondary N) is 1. The Hall–Kier alpha value is -0.120. The third kappa shape index (κ3) is 2.10. The molecule has 0 radical (unpaired) electrons. The van der Waals surface area contributed by atoms with Gasteiger partial charge in [0.1, 0.15) is 0 Å². The van der Waals surface area contributed by atoms with Gasteiger partial charge in [-0.2, -0.15) is 0 Å². The molecular formula is C15H28N2O. The number of fused-ring (bicyclic) bond motifs is 1. The zero-order valence-electron chi connectivity index (χ0n) is 12.1. The maximum atomic E-state index is 5.86. The van der Waals surface area contributed by atoms with Gasteiger partial charge in [-0.3, -0.25) is 0 Å². The van der Waals surface area contributed by atoms with Crippen molar-refractivity contribution < 1.29 is 4.74 Å². The number of hydrogen-bond donors (Lipinski definition) is 1. The molecule has 3 unspecified atom stereocenters. The first-order valence-corrected chi connectivity index (χ1v) is 7.62. The number of likely N-dealkylation sites (tertiary alicyclic amines) is 1. The van der Waals surface area contributed by atoms with Gasteiger partial charge in [0.25, 0.3) is 0 Å². The summed E-state index contributed by atoms with van der Waals surface area (Å²) in [5.41, 5.74) is 0.340. The van der Waals surface area contributed by atoms with Gasteiger partial charge >= 0.3 is 0 Å². The summed E-state index contributed by atoms with van der Waals surface area (Å²) in [5, 5.41) is 3.87. The summed E-state index contributed by atoms with van der Waals surface area (Å²) in [6, 6.07) is 0.685. The monoisotopic (exact) mass is 252 g/mol. The van der Waals surface area contributed by atoms with Crippen molar-refractivity contribution in [1.29, 1.82) is 0 Å². The molecule has 3 atom stereocenters. The molecule has 2 saturated heterocycles. The molecule has 0 amide bonds. The van der Waals surface area contributed by atoms with Crippen molar-refractivity contribution in [2.24, 2.45) is 17.3 Å². The Balaban J connectivity index is 1.48. The largest absolute Gasteiger partial charge is 0.377 e. The number of piperidine rings is 1. The fourth-order valence-electron chi connectivity index (χ4n) is 4.30. The van der Waals surface area contributed by atoms with E-state index in [4.69, 9.17) is 4.74 Å². The van der Waals surface area contributed by atoms with E-state index < -0.39 is 0 Å². The maximum absolute atomic E-state index is 5.86. The summed E-state index contributed by atoms with van der Waals surface area (Å²) in [6.07, 6.45) is 4.51. The van der Waals surface area contributed by atoms with Crippen LogP contribution in [0.2, 0.25) is 0 Å². The Bertz CT molecular complexity index is 297. The van der Waals surface area contributed by atoms with Gasteiger partial charge in [0, 0.05) is 24.0 Å².